The summed E-state index contributed by atoms with van der Waals surface area (Å²) >= 11 is 0. The van der Waals surface area contributed by atoms with Gasteiger partial charge in [0.2, 0.25) is 10.0 Å². The molecule has 29 heavy (non-hydrogen) atoms. The minimum Gasteiger partial charge on any atom is -0.388 e. The van der Waals surface area contributed by atoms with E-state index in [1.807, 2.05) is 37.3 Å². The number of hydrogen-bond donors (Lipinski definition) is 1. The van der Waals surface area contributed by atoms with Crippen molar-refractivity contribution in [3.8, 4) is 0 Å². The molecule has 1 saturated heterocycles. The van der Waals surface area contributed by atoms with Crippen LogP contribution in [0.2, 0.25) is 0 Å². The van der Waals surface area contributed by atoms with E-state index in [0.717, 1.165) is 15.4 Å². The van der Waals surface area contributed by atoms with Crippen LogP contribution in [0.1, 0.15) is 40.4 Å². The minimum atomic E-state index is -3.60. The van der Waals surface area contributed by atoms with E-state index in [1.165, 1.54) is 26.2 Å². The van der Waals surface area contributed by atoms with Gasteiger partial charge in [0.1, 0.15) is 0 Å². The normalized spacial score (nSPS) is 16.8. The van der Waals surface area contributed by atoms with Crippen LogP contribution >= 0.6 is 0 Å². The highest BCUT2D eigenvalue weighted by Crippen LogP contribution is 2.31. The van der Waals surface area contributed by atoms with E-state index in [1.54, 1.807) is 11.0 Å². The maximum Gasteiger partial charge on any atom is 0.254 e. The number of piperidine rings is 1. The maximum absolute atomic E-state index is 13.1. The highest BCUT2D eigenvalue weighted by atomic mass is 32.2. The first-order valence-electron chi connectivity index (χ1n) is 9.77. The standard InChI is InChI=1S/C22H28N2O4S/c1-16-9-10-19(29(27,28)23(2)3)15-20(16)22(26)24-13-11-18(12-14-24)21(25)17-7-5-4-6-8-17/h4-10,15,18,21,25H,11-14H2,1-3H3/t21-/m1/s1. The predicted molar refractivity (Wildman–Crippen MR) is 112 cm³/mol. The number of nitrogens with zero attached hydrogens (tertiary/aromatic N) is 2. The van der Waals surface area contributed by atoms with Crippen molar-refractivity contribution in [2.75, 3.05) is 27.2 Å². The number of aliphatic hydroxyl groups excluding tert-OH is 1. The summed E-state index contributed by atoms with van der Waals surface area (Å²) in [6.07, 6.45) is 0.872. The molecule has 2 aromatic rings. The number of aryl methyl sites for hydroxylation is 1. The summed E-state index contributed by atoms with van der Waals surface area (Å²) in [5.41, 5.74) is 2.06. The molecule has 1 N–H and O–H groups in total. The van der Waals surface area contributed by atoms with Crippen LogP contribution in [0.15, 0.2) is 53.4 Å². The number of carbonyl (C=O) groups is 1. The molecular formula is C22H28N2O4S. The summed E-state index contributed by atoms with van der Waals surface area (Å²) in [4.78, 5) is 14.9. The van der Waals surface area contributed by atoms with Crippen molar-refractivity contribution in [1.29, 1.82) is 0 Å². The summed E-state index contributed by atoms with van der Waals surface area (Å²) in [7, 11) is -0.658. The molecule has 156 valence electrons. The number of rotatable bonds is 5. The molecule has 1 fully saturated rings. The lowest BCUT2D eigenvalue weighted by molar-refractivity contribution is 0.0461. The second kappa shape index (κ2) is 8.65. The Balaban J connectivity index is 1.73. The van der Waals surface area contributed by atoms with E-state index < -0.39 is 16.1 Å². The van der Waals surface area contributed by atoms with Gasteiger partial charge in [0.25, 0.3) is 5.91 Å². The van der Waals surface area contributed by atoms with E-state index in [0.29, 0.717) is 31.5 Å². The molecule has 6 nitrogen and oxygen atoms in total. The number of benzene rings is 2. The molecule has 0 bridgehead atoms. The molecule has 0 unspecified atom stereocenters. The Morgan fingerprint density at radius 2 is 1.72 bits per heavy atom. The number of hydrogen-bond acceptors (Lipinski definition) is 4. The third-order valence-electron chi connectivity index (χ3n) is 5.63. The molecule has 1 atom stereocenters. The fraction of sp³-hybridized carbons (Fsp3) is 0.409. The molecule has 0 radical (unpaired) electrons. The molecule has 0 saturated carbocycles. The number of likely N-dealkylation sites (tertiary alicyclic amines) is 1. The number of carbonyl (C=O) groups excluding carboxylic acids is 1. The van der Waals surface area contributed by atoms with Gasteiger partial charge in [-0.25, -0.2) is 12.7 Å². The smallest absolute Gasteiger partial charge is 0.254 e. The van der Waals surface area contributed by atoms with Gasteiger partial charge < -0.3 is 10.0 Å². The van der Waals surface area contributed by atoms with Gasteiger partial charge in [-0.05, 0) is 48.9 Å². The third kappa shape index (κ3) is 4.52. The molecule has 1 aliphatic heterocycles. The van der Waals surface area contributed by atoms with Crippen molar-refractivity contribution in [2.24, 2.45) is 5.92 Å². The number of aliphatic hydroxyl groups is 1. The number of amides is 1. The Kier molecular flexibility index (Phi) is 6.41. The van der Waals surface area contributed by atoms with E-state index >= 15 is 0 Å². The lowest BCUT2D eigenvalue weighted by Crippen LogP contribution is -2.40. The van der Waals surface area contributed by atoms with Gasteiger partial charge in [0.05, 0.1) is 11.0 Å². The van der Waals surface area contributed by atoms with Gasteiger partial charge in [-0.1, -0.05) is 36.4 Å². The fourth-order valence-electron chi connectivity index (χ4n) is 3.71. The van der Waals surface area contributed by atoms with Crippen LogP contribution in [0.25, 0.3) is 0 Å². The van der Waals surface area contributed by atoms with Crippen molar-refractivity contribution >= 4 is 15.9 Å². The van der Waals surface area contributed by atoms with Crippen LogP contribution in [0.3, 0.4) is 0 Å². The molecule has 1 aliphatic rings. The van der Waals surface area contributed by atoms with Crippen molar-refractivity contribution in [3.05, 3.63) is 65.2 Å². The van der Waals surface area contributed by atoms with Gasteiger partial charge in [-0.3, -0.25) is 4.79 Å². The zero-order valence-electron chi connectivity index (χ0n) is 17.1. The van der Waals surface area contributed by atoms with Crippen LogP contribution in [0.4, 0.5) is 0 Å². The molecule has 1 amide bonds. The molecule has 1 heterocycles. The average molecular weight is 417 g/mol. The highest BCUT2D eigenvalue weighted by Gasteiger charge is 2.30. The van der Waals surface area contributed by atoms with Crippen LogP contribution < -0.4 is 0 Å². The van der Waals surface area contributed by atoms with Gasteiger partial charge in [-0.15, -0.1) is 0 Å². The summed E-state index contributed by atoms with van der Waals surface area (Å²) < 4.78 is 26.0. The van der Waals surface area contributed by atoms with Gasteiger partial charge in [-0.2, -0.15) is 0 Å². The molecule has 0 spiro atoms. The lowest BCUT2D eigenvalue weighted by atomic mass is 9.87. The molecule has 3 rings (SSSR count). The highest BCUT2D eigenvalue weighted by molar-refractivity contribution is 7.89. The van der Waals surface area contributed by atoms with Crippen molar-refractivity contribution in [2.45, 2.75) is 30.8 Å². The van der Waals surface area contributed by atoms with Crippen LogP contribution in [0.5, 0.6) is 0 Å². The van der Waals surface area contributed by atoms with Crippen molar-refractivity contribution < 1.29 is 18.3 Å². The molecule has 7 heteroatoms. The topological polar surface area (TPSA) is 77.9 Å². The van der Waals surface area contributed by atoms with Crippen molar-refractivity contribution in [3.63, 3.8) is 0 Å². The van der Waals surface area contributed by atoms with Crippen LogP contribution in [-0.2, 0) is 10.0 Å². The second-order valence-corrected chi connectivity index (χ2v) is 9.90. The Labute approximate surface area is 172 Å². The van der Waals surface area contributed by atoms with Gasteiger partial charge in [0.15, 0.2) is 0 Å². The quantitative estimate of drug-likeness (QED) is 0.813. The first-order chi connectivity index (χ1) is 13.7. The first-order valence-corrected chi connectivity index (χ1v) is 11.2. The minimum absolute atomic E-state index is 0.100. The van der Waals surface area contributed by atoms with Crippen LogP contribution in [0, 0.1) is 12.8 Å². The lowest BCUT2D eigenvalue weighted by Gasteiger charge is -2.34. The zero-order chi connectivity index (χ0) is 21.2. The second-order valence-electron chi connectivity index (χ2n) is 7.75. The third-order valence-corrected chi connectivity index (χ3v) is 7.44. The largest absolute Gasteiger partial charge is 0.388 e. The summed E-state index contributed by atoms with van der Waals surface area (Å²) in [6.45, 7) is 2.89. The average Bonchev–Trinajstić information content (AvgIpc) is 2.73. The Hall–Kier alpha value is -2.22. The zero-order valence-corrected chi connectivity index (χ0v) is 17.9. The molecular weight excluding hydrogens is 388 g/mol. The maximum atomic E-state index is 13.1. The predicted octanol–water partition coefficient (Wildman–Crippen LogP) is 2.83. The summed E-state index contributed by atoms with van der Waals surface area (Å²) in [6, 6.07) is 14.3. The Morgan fingerprint density at radius 1 is 1.10 bits per heavy atom. The first kappa shape index (κ1) is 21.5. The number of sulfonamides is 1. The van der Waals surface area contributed by atoms with E-state index in [2.05, 4.69) is 0 Å². The van der Waals surface area contributed by atoms with Gasteiger partial charge in [0, 0.05) is 32.7 Å². The van der Waals surface area contributed by atoms with Crippen LogP contribution in [-0.4, -0.2) is 55.8 Å². The molecule has 0 aliphatic carbocycles. The van der Waals surface area contributed by atoms with E-state index in [4.69, 9.17) is 0 Å². The molecule has 2 aromatic carbocycles. The Bertz CT molecular complexity index is 966. The molecule has 0 aromatic heterocycles. The van der Waals surface area contributed by atoms with E-state index in [9.17, 15) is 18.3 Å². The van der Waals surface area contributed by atoms with E-state index in [-0.39, 0.29) is 16.7 Å². The SMILES string of the molecule is Cc1ccc(S(=O)(=O)N(C)C)cc1C(=O)N1CCC([C@H](O)c2ccccc2)CC1. The monoisotopic (exact) mass is 416 g/mol. The Morgan fingerprint density at radius 3 is 2.31 bits per heavy atom. The van der Waals surface area contributed by atoms with Gasteiger partial charge >= 0.3 is 0 Å². The fourth-order valence-corrected chi connectivity index (χ4v) is 4.64. The summed E-state index contributed by atoms with van der Waals surface area (Å²) in [5, 5.41) is 10.6. The van der Waals surface area contributed by atoms with Crippen molar-refractivity contribution in [1.82, 2.24) is 9.21 Å². The summed E-state index contributed by atoms with van der Waals surface area (Å²) in [5.74, 6) is -0.0612.